The third-order valence-corrected chi connectivity index (χ3v) is 0. The van der Waals surface area contributed by atoms with Crippen LogP contribution in [0.4, 0.5) is 0 Å². The van der Waals surface area contributed by atoms with E-state index in [9.17, 15) is 0 Å². The van der Waals surface area contributed by atoms with Crippen molar-refractivity contribution in [2.24, 2.45) is 0 Å². The van der Waals surface area contributed by atoms with E-state index >= 15 is 0 Å². The molecule has 0 aliphatic carbocycles. The van der Waals surface area contributed by atoms with E-state index in [2.05, 4.69) is 53.2 Å². The minimum absolute atomic E-state index is 0. The molecule has 0 amide bonds. The second kappa shape index (κ2) is 6.65. The first-order valence-corrected chi connectivity index (χ1v) is 19.0. The summed E-state index contributed by atoms with van der Waals surface area (Å²) in [4.78, 5) is 0. The van der Waals surface area contributed by atoms with Crippen LogP contribution < -0.4 is 0 Å². The van der Waals surface area contributed by atoms with Crippen molar-refractivity contribution in [1.29, 1.82) is 0 Å². The van der Waals surface area contributed by atoms with Crippen molar-refractivity contribution in [1.82, 2.24) is 0 Å². The normalized spacial score (nSPS) is 10.9. The number of halogens is 4. The summed E-state index contributed by atoms with van der Waals surface area (Å²) in [7, 11) is -1.77. The van der Waals surface area contributed by atoms with Gasteiger partial charge in [0.15, 0.2) is 0 Å². The molecule has 2 nitrogen and oxygen atoms in total. The molecule has 0 aromatic carbocycles. The van der Waals surface area contributed by atoms with Crippen molar-refractivity contribution < 1.29 is 18.8 Å². The second-order valence-corrected chi connectivity index (χ2v) is 55.9. The van der Waals surface area contributed by atoms with Crippen LogP contribution in [0.2, 0.25) is 0 Å². The van der Waals surface area contributed by atoms with Crippen LogP contribution in [0.3, 0.4) is 0 Å². The molecule has 7 heavy (non-hydrogen) atoms. The van der Waals surface area contributed by atoms with Crippen LogP contribution >= 0.6 is 53.2 Å². The second-order valence-electron chi connectivity index (χ2n) is 0.350. The van der Waals surface area contributed by atoms with Crippen LogP contribution in [0.1, 0.15) is 0 Å². The van der Waals surface area contributed by atoms with Gasteiger partial charge in [0.05, 0.1) is 0 Å². The monoisotopic (exact) mass is 450 g/mol. The van der Waals surface area contributed by atoms with E-state index < -0.39 is 7.84 Å². The predicted molar refractivity (Wildman–Crippen MR) is 42.9 cm³/mol. The Morgan fingerprint density at radius 3 is 0.714 bits per heavy atom. The van der Waals surface area contributed by atoms with E-state index in [1.165, 1.54) is 0 Å². The van der Waals surface area contributed by atoms with Gasteiger partial charge in [0.25, 0.3) is 0 Å². The van der Waals surface area contributed by atoms with Gasteiger partial charge in [-0.15, -0.1) is 0 Å². The minimum atomic E-state index is -1.77. The Bertz CT molecular complexity index is 25.2. The quantitative estimate of drug-likeness (QED) is 0.504. The van der Waals surface area contributed by atoms with Gasteiger partial charge in [-0.05, 0) is 0 Å². The fourth-order valence-corrected chi connectivity index (χ4v) is 0. The molecule has 0 unspecified atom stereocenters. The summed E-state index contributed by atoms with van der Waals surface area (Å²) in [6, 6.07) is 0. The SMILES string of the molecule is O.O.[Br][Mo]([Br])([Br])[Br]. The molecule has 0 saturated heterocycles. The van der Waals surface area contributed by atoms with E-state index in [-0.39, 0.29) is 11.0 Å². The van der Waals surface area contributed by atoms with E-state index in [1.54, 1.807) is 0 Å². The molecule has 4 N–H and O–H groups in total. The van der Waals surface area contributed by atoms with Crippen LogP contribution in [0.5, 0.6) is 0 Å². The third-order valence-electron chi connectivity index (χ3n) is 0. The van der Waals surface area contributed by atoms with Gasteiger partial charge in [0, 0.05) is 0 Å². The van der Waals surface area contributed by atoms with Crippen molar-refractivity contribution >= 4 is 53.2 Å². The number of rotatable bonds is 0. The fourth-order valence-electron chi connectivity index (χ4n) is 0. The van der Waals surface area contributed by atoms with Gasteiger partial charge in [0.2, 0.25) is 0 Å². The molecule has 0 aromatic heterocycles. The Balaban J connectivity index is -0.0000000800. The van der Waals surface area contributed by atoms with Crippen molar-refractivity contribution in [3.63, 3.8) is 0 Å². The molecule has 50 valence electrons. The van der Waals surface area contributed by atoms with E-state index in [0.29, 0.717) is 0 Å². The molecule has 0 spiro atoms. The fraction of sp³-hybridized carbons (Fsp3) is 0. The zero-order valence-corrected chi connectivity index (χ0v) is 11.3. The zero-order chi connectivity index (χ0) is 4.50. The molecular weight excluding hydrogens is 448 g/mol. The topological polar surface area (TPSA) is 63.0 Å². The van der Waals surface area contributed by atoms with Crippen LogP contribution in [0.25, 0.3) is 0 Å². The van der Waals surface area contributed by atoms with Crippen molar-refractivity contribution in [3.8, 4) is 0 Å². The molecule has 0 bridgehead atoms. The number of hydrogen-bond acceptors (Lipinski definition) is 0. The summed E-state index contributed by atoms with van der Waals surface area (Å²) >= 11 is 13.3. The standard InChI is InChI=1S/4BrH.Mo.2H2O/h4*1H;;2*1H2/q;;;;+4;;/p-4. The molecular formula is H4Br4MoO2. The molecule has 0 aromatic rings. The van der Waals surface area contributed by atoms with E-state index in [1.807, 2.05) is 0 Å². The molecule has 0 radical (unpaired) electrons. The van der Waals surface area contributed by atoms with Crippen molar-refractivity contribution in [2.75, 3.05) is 0 Å². The Labute approximate surface area is 70.8 Å². The van der Waals surface area contributed by atoms with Gasteiger partial charge >= 0.3 is 61.0 Å². The summed E-state index contributed by atoms with van der Waals surface area (Å²) in [6.45, 7) is 0. The van der Waals surface area contributed by atoms with Crippen molar-refractivity contribution in [2.45, 2.75) is 0 Å². The van der Waals surface area contributed by atoms with Crippen molar-refractivity contribution in [3.05, 3.63) is 0 Å². The van der Waals surface area contributed by atoms with E-state index in [4.69, 9.17) is 0 Å². The Morgan fingerprint density at radius 1 is 0.714 bits per heavy atom. The first-order chi connectivity index (χ1) is 2.00. The third kappa shape index (κ3) is 56.9. The maximum absolute atomic E-state index is 3.32. The Morgan fingerprint density at radius 2 is 0.714 bits per heavy atom. The maximum atomic E-state index is 3.32. The summed E-state index contributed by atoms with van der Waals surface area (Å²) in [5.41, 5.74) is 0. The van der Waals surface area contributed by atoms with Crippen LogP contribution in [-0.2, 0) is 7.84 Å². The van der Waals surface area contributed by atoms with Gasteiger partial charge < -0.3 is 11.0 Å². The molecule has 7 heteroatoms. The van der Waals surface area contributed by atoms with Gasteiger partial charge in [-0.25, -0.2) is 0 Å². The average molecular weight is 452 g/mol. The molecule has 0 rings (SSSR count). The Hall–Kier alpha value is 2.53. The summed E-state index contributed by atoms with van der Waals surface area (Å²) in [5, 5.41) is 0. The van der Waals surface area contributed by atoms with Gasteiger partial charge in [-0.1, -0.05) is 0 Å². The molecule has 0 fully saturated rings. The zero-order valence-electron chi connectivity index (χ0n) is 2.92. The summed E-state index contributed by atoms with van der Waals surface area (Å²) in [5.74, 6) is 0. The molecule has 0 aliphatic heterocycles. The van der Waals surface area contributed by atoms with Crippen LogP contribution in [0.15, 0.2) is 0 Å². The summed E-state index contributed by atoms with van der Waals surface area (Å²) in [6.07, 6.45) is 0. The first-order valence-electron chi connectivity index (χ1n) is 0.617. The summed E-state index contributed by atoms with van der Waals surface area (Å²) < 4.78 is 0. The van der Waals surface area contributed by atoms with Gasteiger partial charge in [-0.3, -0.25) is 0 Å². The Kier molecular flexibility index (Phi) is 15.4. The predicted octanol–water partition coefficient (Wildman–Crippen LogP) is 1.73. The molecule has 0 aliphatic rings. The molecule has 0 heterocycles. The molecule has 0 saturated carbocycles. The van der Waals surface area contributed by atoms with Gasteiger partial charge in [0.1, 0.15) is 0 Å². The van der Waals surface area contributed by atoms with Gasteiger partial charge in [-0.2, -0.15) is 0 Å². The first kappa shape index (κ1) is 16.3. The molecule has 0 atom stereocenters. The average Bonchev–Trinajstić information content (AvgIpc) is 0.722. The number of hydrogen-bond donors (Lipinski definition) is 0. The van der Waals surface area contributed by atoms with Crippen LogP contribution in [-0.4, -0.2) is 11.0 Å². The van der Waals surface area contributed by atoms with E-state index in [0.717, 1.165) is 0 Å². The van der Waals surface area contributed by atoms with Crippen LogP contribution in [0, 0.1) is 0 Å².